The van der Waals surface area contributed by atoms with Crippen LogP contribution in [0.4, 0.5) is 14.5 Å². The summed E-state index contributed by atoms with van der Waals surface area (Å²) in [5, 5.41) is 20.5. The van der Waals surface area contributed by atoms with E-state index in [2.05, 4.69) is 0 Å². The topological polar surface area (TPSA) is 101 Å². The molecule has 0 spiro atoms. The molecule has 0 fully saturated rings. The van der Waals surface area contributed by atoms with Crippen LogP contribution in [-0.2, 0) is 0 Å². The molecule has 2 amide bonds. The van der Waals surface area contributed by atoms with Gasteiger partial charge in [-0.15, -0.1) is 0 Å². The fourth-order valence-corrected chi connectivity index (χ4v) is 2.85. The van der Waals surface area contributed by atoms with Crippen LogP contribution in [0.5, 0.6) is 0 Å². The number of aliphatic hydroxyl groups is 1. The average molecular weight is 376 g/mol. The van der Waals surface area contributed by atoms with Crippen molar-refractivity contribution >= 4 is 17.5 Å². The van der Waals surface area contributed by atoms with Crippen molar-refractivity contribution in [2.45, 2.75) is 18.4 Å². The molecule has 27 heavy (non-hydrogen) atoms. The summed E-state index contributed by atoms with van der Waals surface area (Å²) in [4.78, 5) is 35.0. The maximum Gasteiger partial charge on any atom is 0.269 e. The Kier molecular flexibility index (Phi) is 4.95. The molecule has 1 N–H and O–H groups in total. The van der Waals surface area contributed by atoms with Crippen LogP contribution in [0.3, 0.4) is 0 Å². The molecule has 0 aliphatic carbocycles. The molecular weight excluding hydrogens is 362 g/mol. The number of benzene rings is 2. The minimum absolute atomic E-state index is 0.122. The minimum Gasteiger partial charge on any atom is -0.387 e. The number of nitro groups is 1. The van der Waals surface area contributed by atoms with Crippen molar-refractivity contribution in [2.75, 3.05) is 6.54 Å². The normalized spacial score (nSPS) is 16.8. The average Bonchev–Trinajstić information content (AvgIpc) is 2.92. The van der Waals surface area contributed by atoms with Crippen LogP contribution in [0.2, 0.25) is 0 Å². The van der Waals surface area contributed by atoms with Gasteiger partial charge in [-0.2, -0.15) is 0 Å². The fourth-order valence-electron chi connectivity index (χ4n) is 2.85. The van der Waals surface area contributed by atoms with Gasteiger partial charge in [0.2, 0.25) is 0 Å². The fraction of sp³-hybridized carbons (Fsp3) is 0.222. The second kappa shape index (κ2) is 7.20. The number of nitrogens with zero attached hydrogens (tertiary/aromatic N) is 2. The molecule has 1 heterocycles. The molecular formula is C18H14F2N2O5. The molecule has 7 nitrogen and oxygen atoms in total. The van der Waals surface area contributed by atoms with Gasteiger partial charge in [-0.3, -0.25) is 24.6 Å². The Hall–Kier alpha value is -3.20. The summed E-state index contributed by atoms with van der Waals surface area (Å²) in [5.41, 5.74) is -0.186. The lowest BCUT2D eigenvalue weighted by Gasteiger charge is -2.23. The van der Waals surface area contributed by atoms with Crippen LogP contribution >= 0.6 is 0 Å². The lowest BCUT2D eigenvalue weighted by Crippen LogP contribution is -2.41. The summed E-state index contributed by atoms with van der Waals surface area (Å²) in [7, 11) is 0. The van der Waals surface area contributed by atoms with Gasteiger partial charge in [-0.1, -0.05) is 12.1 Å². The van der Waals surface area contributed by atoms with E-state index in [0.717, 1.165) is 24.3 Å². The Balaban J connectivity index is 1.70. The van der Waals surface area contributed by atoms with Gasteiger partial charge in [-0.05, 0) is 29.8 Å². The molecule has 0 saturated carbocycles. The Morgan fingerprint density at radius 1 is 1.00 bits per heavy atom. The molecule has 1 aliphatic rings. The van der Waals surface area contributed by atoms with E-state index in [4.69, 9.17) is 0 Å². The largest absolute Gasteiger partial charge is 0.387 e. The number of alkyl halides is 2. The third-order valence-electron chi connectivity index (χ3n) is 4.33. The number of imide groups is 1. The van der Waals surface area contributed by atoms with E-state index in [1.807, 2.05) is 0 Å². The van der Waals surface area contributed by atoms with E-state index < -0.39 is 41.7 Å². The number of hydrogen-bond donors (Lipinski definition) is 1. The summed E-state index contributed by atoms with van der Waals surface area (Å²) in [6.45, 7) is -0.805. The molecule has 1 aliphatic heterocycles. The van der Waals surface area contributed by atoms with E-state index in [0.29, 0.717) is 4.90 Å². The predicted molar refractivity (Wildman–Crippen MR) is 89.7 cm³/mol. The first-order valence-corrected chi connectivity index (χ1v) is 7.97. The van der Waals surface area contributed by atoms with E-state index in [1.165, 1.54) is 12.1 Å². The van der Waals surface area contributed by atoms with Crippen molar-refractivity contribution in [1.29, 1.82) is 0 Å². The first kappa shape index (κ1) is 18.6. The standard InChI is InChI=1S/C18H14F2N2O5/c19-14(9-21-17(24)12-3-1-2-4-13(12)18(21)25)16(23)15(20)10-5-7-11(8-6-10)22(26)27/h1-8,14-16,23H,9H2/t14-,15-,16-/m0/s1. The van der Waals surface area contributed by atoms with Crippen molar-refractivity contribution in [3.05, 3.63) is 75.3 Å². The number of nitro benzene ring substituents is 1. The van der Waals surface area contributed by atoms with Crippen molar-refractivity contribution in [2.24, 2.45) is 0 Å². The SMILES string of the molecule is O=C1c2ccccc2C(=O)N1C[C@H](F)[C@H](O)[C@@H](F)c1ccc([N+](=O)[O-])cc1. The highest BCUT2D eigenvalue weighted by molar-refractivity contribution is 6.21. The number of amides is 2. The molecule has 140 valence electrons. The lowest BCUT2D eigenvalue weighted by atomic mass is 10.0. The Morgan fingerprint density at radius 2 is 1.52 bits per heavy atom. The Labute approximate surface area is 152 Å². The van der Waals surface area contributed by atoms with E-state index >= 15 is 0 Å². The number of fused-ring (bicyclic) bond motifs is 1. The molecule has 3 rings (SSSR count). The molecule has 3 atom stereocenters. The van der Waals surface area contributed by atoms with Gasteiger partial charge in [0, 0.05) is 12.1 Å². The maximum atomic E-state index is 14.4. The number of carbonyl (C=O) groups is 2. The predicted octanol–water partition coefficient (Wildman–Crippen LogP) is 2.60. The molecule has 0 bridgehead atoms. The van der Waals surface area contributed by atoms with Gasteiger partial charge < -0.3 is 5.11 Å². The van der Waals surface area contributed by atoms with Crippen LogP contribution < -0.4 is 0 Å². The van der Waals surface area contributed by atoms with Gasteiger partial charge in [0.15, 0.2) is 6.17 Å². The van der Waals surface area contributed by atoms with Crippen molar-refractivity contribution < 1.29 is 28.4 Å². The summed E-state index contributed by atoms with van der Waals surface area (Å²) in [6.07, 6.45) is -6.58. The van der Waals surface area contributed by atoms with Crippen LogP contribution in [0.1, 0.15) is 32.5 Å². The summed E-state index contributed by atoms with van der Waals surface area (Å²) < 4.78 is 28.8. The molecule has 2 aromatic carbocycles. The smallest absolute Gasteiger partial charge is 0.269 e. The monoisotopic (exact) mass is 376 g/mol. The van der Waals surface area contributed by atoms with Crippen molar-refractivity contribution in [3.8, 4) is 0 Å². The zero-order valence-electron chi connectivity index (χ0n) is 13.8. The third-order valence-corrected chi connectivity index (χ3v) is 4.33. The molecule has 2 aromatic rings. The summed E-state index contributed by atoms with van der Waals surface area (Å²) in [6, 6.07) is 10.2. The van der Waals surface area contributed by atoms with E-state index in [-0.39, 0.29) is 22.4 Å². The zero-order chi connectivity index (χ0) is 19.7. The quantitative estimate of drug-likeness (QED) is 0.474. The van der Waals surface area contributed by atoms with Crippen LogP contribution in [0, 0.1) is 10.1 Å². The number of halogens is 2. The lowest BCUT2D eigenvalue weighted by molar-refractivity contribution is -0.384. The third kappa shape index (κ3) is 3.41. The van der Waals surface area contributed by atoms with Gasteiger partial charge in [0.1, 0.15) is 12.3 Å². The Morgan fingerprint density at radius 3 is 2.00 bits per heavy atom. The number of non-ortho nitro benzene ring substituents is 1. The summed E-state index contributed by atoms with van der Waals surface area (Å²) >= 11 is 0. The second-order valence-electron chi connectivity index (χ2n) is 6.02. The summed E-state index contributed by atoms with van der Waals surface area (Å²) in [5.74, 6) is -1.42. The molecule has 9 heteroatoms. The highest BCUT2D eigenvalue weighted by Gasteiger charge is 2.39. The first-order chi connectivity index (χ1) is 12.8. The van der Waals surface area contributed by atoms with Crippen LogP contribution in [-0.4, -0.2) is 45.6 Å². The highest BCUT2D eigenvalue weighted by atomic mass is 19.1. The first-order valence-electron chi connectivity index (χ1n) is 7.97. The van der Waals surface area contributed by atoms with Gasteiger partial charge in [0.25, 0.3) is 17.5 Å². The highest BCUT2D eigenvalue weighted by Crippen LogP contribution is 2.28. The maximum absolute atomic E-state index is 14.4. The van der Waals surface area contributed by atoms with Crippen LogP contribution in [0.25, 0.3) is 0 Å². The zero-order valence-corrected chi connectivity index (χ0v) is 13.8. The van der Waals surface area contributed by atoms with Crippen molar-refractivity contribution in [1.82, 2.24) is 4.90 Å². The molecule has 0 saturated heterocycles. The van der Waals surface area contributed by atoms with Gasteiger partial charge in [-0.25, -0.2) is 8.78 Å². The van der Waals surface area contributed by atoms with Gasteiger partial charge >= 0.3 is 0 Å². The molecule has 0 radical (unpaired) electrons. The van der Waals surface area contributed by atoms with E-state index in [9.17, 15) is 33.6 Å². The van der Waals surface area contributed by atoms with Crippen molar-refractivity contribution in [3.63, 3.8) is 0 Å². The van der Waals surface area contributed by atoms with E-state index in [1.54, 1.807) is 12.1 Å². The molecule has 0 aromatic heterocycles. The molecule has 0 unspecified atom stereocenters. The number of rotatable bonds is 6. The Bertz CT molecular complexity index is 868. The number of aliphatic hydroxyl groups excluding tert-OH is 1. The number of hydrogen-bond acceptors (Lipinski definition) is 5. The number of carbonyl (C=O) groups excluding carboxylic acids is 2. The second-order valence-corrected chi connectivity index (χ2v) is 6.02. The van der Waals surface area contributed by atoms with Crippen LogP contribution in [0.15, 0.2) is 48.5 Å². The van der Waals surface area contributed by atoms with Gasteiger partial charge in [0.05, 0.1) is 22.6 Å². The minimum atomic E-state index is -2.24.